The van der Waals surface area contributed by atoms with Crippen LogP contribution in [-0.2, 0) is 10.8 Å². The van der Waals surface area contributed by atoms with Crippen LogP contribution < -0.4 is 4.90 Å². The summed E-state index contributed by atoms with van der Waals surface area (Å²) in [6, 6.07) is 10.5. The molecule has 0 amide bonds. The van der Waals surface area contributed by atoms with Crippen molar-refractivity contribution >= 4 is 27.4 Å². The summed E-state index contributed by atoms with van der Waals surface area (Å²) in [5.41, 5.74) is 2.40. The number of fused-ring (bicyclic) bond motifs is 1. The van der Waals surface area contributed by atoms with Crippen LogP contribution in [0.2, 0.25) is 0 Å². The standard InChI is InChI=1S/C19H22N4OS.C8H16/c1-14-20-10-6-19(21-14)23-13-9-16-17(4-3-5-18(16)23)22-11-7-15(8-12-22)25(2)24;1-7-3-5-8(2)6-4-7/h3-6,9-10,13,15H,7-8,11-12H2,1-2H3;7-8H,3-6H2,1-2H3. The fraction of sp³-hybridized carbons (Fsp3) is 0.556. The molecule has 0 radical (unpaired) electrons. The van der Waals surface area contributed by atoms with E-state index in [1.807, 2.05) is 19.2 Å². The smallest absolute Gasteiger partial charge is 0.140 e. The molecular formula is C27H38N4OS. The zero-order valence-corrected chi connectivity index (χ0v) is 21.4. The van der Waals surface area contributed by atoms with Crippen LogP contribution in [0.3, 0.4) is 0 Å². The number of rotatable bonds is 3. The molecule has 0 bridgehead atoms. The molecule has 3 heterocycles. The maximum atomic E-state index is 11.7. The number of anilines is 1. The molecule has 33 heavy (non-hydrogen) atoms. The largest absolute Gasteiger partial charge is 0.371 e. The van der Waals surface area contributed by atoms with Crippen molar-refractivity contribution < 1.29 is 4.21 Å². The lowest BCUT2D eigenvalue weighted by atomic mass is 9.84. The third-order valence-corrected chi connectivity index (χ3v) is 8.68. The lowest BCUT2D eigenvalue weighted by Gasteiger charge is -2.33. The van der Waals surface area contributed by atoms with Crippen LogP contribution in [-0.4, -0.2) is 43.3 Å². The average molecular weight is 467 g/mol. The second-order valence-corrected chi connectivity index (χ2v) is 11.6. The highest BCUT2D eigenvalue weighted by atomic mass is 32.2. The number of nitrogens with zero attached hydrogens (tertiary/aromatic N) is 4. The minimum Gasteiger partial charge on any atom is -0.371 e. The Balaban J connectivity index is 0.000000275. The number of aryl methyl sites for hydroxylation is 1. The summed E-state index contributed by atoms with van der Waals surface area (Å²) in [5, 5.41) is 1.57. The Labute approximate surface area is 201 Å². The molecule has 1 atom stereocenters. The fourth-order valence-corrected chi connectivity index (χ4v) is 5.93. The van der Waals surface area contributed by atoms with Crippen LogP contribution in [0.25, 0.3) is 16.7 Å². The zero-order valence-electron chi connectivity index (χ0n) is 20.5. The molecule has 178 valence electrons. The van der Waals surface area contributed by atoms with Gasteiger partial charge in [-0.25, -0.2) is 9.97 Å². The molecule has 1 aliphatic heterocycles. The van der Waals surface area contributed by atoms with Crippen molar-refractivity contribution in [2.24, 2.45) is 11.8 Å². The molecule has 5 nitrogen and oxygen atoms in total. The van der Waals surface area contributed by atoms with E-state index in [2.05, 4.69) is 63.7 Å². The van der Waals surface area contributed by atoms with Gasteiger partial charge in [0.2, 0.25) is 0 Å². The van der Waals surface area contributed by atoms with Gasteiger partial charge in [0.1, 0.15) is 11.6 Å². The highest BCUT2D eigenvalue weighted by Gasteiger charge is 2.23. The number of hydrogen-bond acceptors (Lipinski definition) is 4. The first-order valence-corrected chi connectivity index (χ1v) is 14.0. The van der Waals surface area contributed by atoms with Crippen LogP contribution in [0, 0.1) is 18.8 Å². The van der Waals surface area contributed by atoms with Gasteiger partial charge in [-0.05, 0) is 55.9 Å². The van der Waals surface area contributed by atoms with Gasteiger partial charge < -0.3 is 9.47 Å². The van der Waals surface area contributed by atoms with E-state index in [4.69, 9.17) is 0 Å². The molecule has 2 aliphatic rings. The Bertz CT molecular complexity index is 1070. The highest BCUT2D eigenvalue weighted by molar-refractivity contribution is 7.84. The van der Waals surface area contributed by atoms with Gasteiger partial charge in [-0.2, -0.15) is 0 Å². The van der Waals surface area contributed by atoms with E-state index in [0.29, 0.717) is 5.25 Å². The minimum atomic E-state index is -0.719. The summed E-state index contributed by atoms with van der Waals surface area (Å²) in [4.78, 5) is 11.1. The summed E-state index contributed by atoms with van der Waals surface area (Å²) in [7, 11) is -0.719. The zero-order chi connectivity index (χ0) is 23.4. The molecule has 1 saturated carbocycles. The van der Waals surface area contributed by atoms with E-state index in [1.165, 1.54) is 36.8 Å². The van der Waals surface area contributed by atoms with E-state index in [9.17, 15) is 4.21 Å². The first kappa shape index (κ1) is 23.9. The molecule has 0 spiro atoms. The summed E-state index contributed by atoms with van der Waals surface area (Å²) in [6.07, 6.45) is 13.6. The van der Waals surface area contributed by atoms with Gasteiger partial charge in [-0.1, -0.05) is 45.6 Å². The first-order chi connectivity index (χ1) is 15.9. The van der Waals surface area contributed by atoms with Crippen molar-refractivity contribution in [1.29, 1.82) is 0 Å². The van der Waals surface area contributed by atoms with E-state index < -0.39 is 10.8 Å². The predicted octanol–water partition coefficient (Wildman–Crippen LogP) is 5.91. The second-order valence-electron chi connectivity index (χ2n) is 9.91. The third kappa shape index (κ3) is 5.84. The van der Waals surface area contributed by atoms with Crippen LogP contribution in [0.1, 0.15) is 58.2 Å². The Morgan fingerprint density at radius 1 is 0.939 bits per heavy atom. The summed E-state index contributed by atoms with van der Waals surface area (Å²) >= 11 is 0. The first-order valence-electron chi connectivity index (χ1n) is 12.4. The van der Waals surface area contributed by atoms with Crippen LogP contribution in [0.5, 0.6) is 0 Å². The van der Waals surface area contributed by atoms with Gasteiger partial charge in [0.25, 0.3) is 0 Å². The number of piperidine rings is 1. The second kappa shape index (κ2) is 10.8. The van der Waals surface area contributed by atoms with E-state index in [-0.39, 0.29) is 0 Å². The van der Waals surface area contributed by atoms with E-state index in [0.717, 1.165) is 54.9 Å². The van der Waals surface area contributed by atoms with E-state index in [1.54, 1.807) is 6.20 Å². The molecule has 2 aromatic heterocycles. The molecule has 3 aromatic rings. The van der Waals surface area contributed by atoms with Gasteiger partial charge >= 0.3 is 0 Å². The number of benzene rings is 1. The predicted molar refractivity (Wildman–Crippen MR) is 140 cm³/mol. The van der Waals surface area contributed by atoms with Crippen LogP contribution >= 0.6 is 0 Å². The number of aromatic nitrogens is 3. The minimum absolute atomic E-state index is 0.337. The van der Waals surface area contributed by atoms with Crippen molar-refractivity contribution in [2.75, 3.05) is 24.2 Å². The molecule has 6 heteroatoms. The Morgan fingerprint density at radius 3 is 2.21 bits per heavy atom. The topological polar surface area (TPSA) is 51.0 Å². The normalized spacial score (nSPS) is 22.6. The van der Waals surface area contributed by atoms with Crippen LogP contribution in [0.4, 0.5) is 5.69 Å². The summed E-state index contributed by atoms with van der Waals surface area (Å²) in [6.45, 7) is 8.56. The Morgan fingerprint density at radius 2 is 1.61 bits per heavy atom. The molecule has 1 aromatic carbocycles. The third-order valence-electron chi connectivity index (χ3n) is 7.27. The van der Waals surface area contributed by atoms with Gasteiger partial charge in [0, 0.05) is 58.9 Å². The van der Waals surface area contributed by atoms with Crippen molar-refractivity contribution in [3.05, 3.63) is 48.5 Å². The molecule has 1 saturated heterocycles. The Hall–Kier alpha value is -2.21. The lowest BCUT2D eigenvalue weighted by molar-refractivity contribution is 0.308. The van der Waals surface area contributed by atoms with E-state index >= 15 is 0 Å². The van der Waals surface area contributed by atoms with Gasteiger partial charge in [0.15, 0.2) is 0 Å². The Kier molecular flexibility index (Phi) is 7.84. The molecule has 2 fully saturated rings. The quantitative estimate of drug-likeness (QED) is 0.482. The van der Waals surface area contributed by atoms with Crippen molar-refractivity contribution in [3.63, 3.8) is 0 Å². The molecule has 1 unspecified atom stereocenters. The van der Waals surface area contributed by atoms with Gasteiger partial charge in [-0.15, -0.1) is 0 Å². The molecule has 5 rings (SSSR count). The SMILES string of the molecule is CC1CCC(C)CC1.Cc1nccc(-n2ccc3c(N4CCC(S(C)=O)CC4)cccc32)n1. The lowest BCUT2D eigenvalue weighted by Crippen LogP contribution is -2.37. The number of hydrogen-bond donors (Lipinski definition) is 0. The van der Waals surface area contributed by atoms with Crippen molar-refractivity contribution in [2.45, 2.75) is 64.5 Å². The maximum absolute atomic E-state index is 11.7. The fourth-order valence-electron chi connectivity index (χ4n) is 5.06. The molecule has 0 N–H and O–H groups in total. The monoisotopic (exact) mass is 466 g/mol. The average Bonchev–Trinajstić information content (AvgIpc) is 3.26. The maximum Gasteiger partial charge on any atom is 0.140 e. The van der Waals surface area contributed by atoms with Crippen LogP contribution in [0.15, 0.2) is 42.7 Å². The van der Waals surface area contributed by atoms with Gasteiger partial charge in [0.05, 0.1) is 5.52 Å². The van der Waals surface area contributed by atoms with Gasteiger partial charge in [-0.3, -0.25) is 4.21 Å². The van der Waals surface area contributed by atoms with Crippen molar-refractivity contribution in [1.82, 2.24) is 14.5 Å². The van der Waals surface area contributed by atoms with Crippen molar-refractivity contribution in [3.8, 4) is 5.82 Å². The summed E-state index contributed by atoms with van der Waals surface area (Å²) in [5.74, 6) is 3.70. The molecular weight excluding hydrogens is 428 g/mol. The molecule has 1 aliphatic carbocycles. The highest BCUT2D eigenvalue weighted by Crippen LogP contribution is 2.31. The summed E-state index contributed by atoms with van der Waals surface area (Å²) < 4.78 is 13.8.